The highest BCUT2D eigenvalue weighted by atomic mass is 16.2. The Balaban J connectivity index is 1.25. The Morgan fingerprint density at radius 1 is 0.929 bits per heavy atom. The lowest BCUT2D eigenvalue weighted by atomic mass is 9.82. The predicted octanol–water partition coefficient (Wildman–Crippen LogP) is 2.18. The molecule has 152 valence electrons. The Kier molecular flexibility index (Phi) is 4.62. The monoisotopic (exact) mass is 384 g/mol. The summed E-state index contributed by atoms with van der Waals surface area (Å²) in [5.74, 6) is 1.23. The lowest BCUT2D eigenvalue weighted by Gasteiger charge is -2.43. The third kappa shape index (κ3) is 2.94. The second-order valence-corrected chi connectivity index (χ2v) is 9.91. The fourth-order valence-electron chi connectivity index (χ4n) is 6.70. The molecule has 0 aromatic carbocycles. The molecule has 2 N–H and O–H groups in total. The van der Waals surface area contributed by atoms with E-state index in [0.29, 0.717) is 11.8 Å². The normalized spacial score (nSPS) is 40.7. The molecule has 2 aliphatic carbocycles. The van der Waals surface area contributed by atoms with Gasteiger partial charge in [0.1, 0.15) is 6.04 Å². The smallest absolute Gasteiger partial charge is 0.241 e. The van der Waals surface area contributed by atoms with Crippen LogP contribution in [0, 0.1) is 29.1 Å². The van der Waals surface area contributed by atoms with Crippen LogP contribution in [-0.2, 0) is 9.59 Å². The summed E-state index contributed by atoms with van der Waals surface area (Å²) in [4.78, 5) is 30.3. The highest BCUT2D eigenvalue weighted by Gasteiger charge is 2.56. The van der Waals surface area contributed by atoms with Crippen molar-refractivity contribution in [1.82, 2.24) is 9.80 Å². The van der Waals surface area contributed by atoms with E-state index in [2.05, 4.69) is 11.0 Å². The number of nitriles is 1. The highest BCUT2D eigenvalue weighted by molar-refractivity contribution is 5.84. The molecule has 2 saturated carbocycles. The maximum absolute atomic E-state index is 13.1. The van der Waals surface area contributed by atoms with Gasteiger partial charge in [0.05, 0.1) is 12.1 Å². The predicted molar refractivity (Wildman–Crippen MR) is 104 cm³/mol. The van der Waals surface area contributed by atoms with Crippen LogP contribution in [0.3, 0.4) is 0 Å². The van der Waals surface area contributed by atoms with Crippen molar-refractivity contribution in [3.05, 3.63) is 0 Å². The minimum atomic E-state index is -0.523. The van der Waals surface area contributed by atoms with Crippen molar-refractivity contribution in [1.29, 1.82) is 5.26 Å². The molecule has 5 fully saturated rings. The first-order chi connectivity index (χ1) is 13.6. The average molecular weight is 385 g/mol. The highest BCUT2D eigenvalue weighted by Crippen LogP contribution is 2.48. The van der Waals surface area contributed by atoms with Crippen LogP contribution in [0.2, 0.25) is 0 Å². The zero-order valence-corrected chi connectivity index (χ0v) is 16.6. The number of piperidine rings is 2. The number of likely N-dealkylation sites (tertiary alicyclic amines) is 1. The van der Waals surface area contributed by atoms with Gasteiger partial charge in [-0.15, -0.1) is 0 Å². The van der Waals surface area contributed by atoms with Gasteiger partial charge in [-0.2, -0.15) is 5.26 Å². The first kappa shape index (κ1) is 18.4. The minimum Gasteiger partial charge on any atom is -0.336 e. The number of carbonyl (C=O) groups excluding carboxylic acids is 2. The Morgan fingerprint density at radius 3 is 2.25 bits per heavy atom. The summed E-state index contributed by atoms with van der Waals surface area (Å²) in [5, 5.41) is 9.40. The first-order valence-electron chi connectivity index (χ1n) is 11.4. The number of hydrogen-bond acceptors (Lipinski definition) is 4. The molecule has 5 unspecified atom stereocenters. The molecule has 3 saturated heterocycles. The summed E-state index contributed by atoms with van der Waals surface area (Å²) in [6.07, 6.45) is 11.4. The van der Waals surface area contributed by atoms with Gasteiger partial charge in [0.2, 0.25) is 11.8 Å². The molecule has 5 aliphatic rings. The van der Waals surface area contributed by atoms with Gasteiger partial charge >= 0.3 is 0 Å². The number of fused-ring (bicyclic) bond motifs is 3. The van der Waals surface area contributed by atoms with E-state index < -0.39 is 6.04 Å². The summed E-state index contributed by atoms with van der Waals surface area (Å²) in [6.45, 7) is 0. The molecule has 2 bridgehead atoms. The van der Waals surface area contributed by atoms with Crippen molar-refractivity contribution in [2.45, 2.75) is 101 Å². The van der Waals surface area contributed by atoms with E-state index in [1.54, 1.807) is 4.90 Å². The van der Waals surface area contributed by atoms with Gasteiger partial charge in [-0.25, -0.2) is 0 Å². The van der Waals surface area contributed by atoms with Gasteiger partial charge in [-0.1, -0.05) is 19.3 Å². The number of nitrogens with zero attached hydrogens (tertiary/aromatic N) is 3. The molecule has 6 heteroatoms. The van der Waals surface area contributed by atoms with Gasteiger partial charge in [0, 0.05) is 24.0 Å². The van der Waals surface area contributed by atoms with E-state index in [1.807, 2.05) is 0 Å². The van der Waals surface area contributed by atoms with Gasteiger partial charge in [-0.3, -0.25) is 9.59 Å². The van der Waals surface area contributed by atoms with Gasteiger partial charge in [0.15, 0.2) is 0 Å². The topological polar surface area (TPSA) is 90.4 Å². The second kappa shape index (κ2) is 7.02. The molecule has 2 amide bonds. The van der Waals surface area contributed by atoms with Crippen molar-refractivity contribution < 1.29 is 9.59 Å². The van der Waals surface area contributed by atoms with Crippen molar-refractivity contribution in [2.75, 3.05) is 0 Å². The number of hydrogen-bond donors (Lipinski definition) is 1. The maximum Gasteiger partial charge on any atom is 0.241 e. The van der Waals surface area contributed by atoms with Crippen LogP contribution in [0.1, 0.15) is 70.6 Å². The standard InChI is InChI=1S/C22H32N4O2/c23-12-18-8-14-11-19(14)26(18)22(28)20(24)15-9-16-6-7-17(10-15)25(16)21(27)13-4-2-1-3-5-13/h13-20H,1-11,24H2/t14?,15?,16-,17?,18?,19?,20-/m0/s1. The lowest BCUT2D eigenvalue weighted by molar-refractivity contribution is -0.143. The molecule has 0 aromatic heterocycles. The van der Waals surface area contributed by atoms with Crippen LogP contribution >= 0.6 is 0 Å². The Hall–Kier alpha value is -1.61. The number of amides is 2. The van der Waals surface area contributed by atoms with Crippen molar-refractivity contribution in [3.63, 3.8) is 0 Å². The van der Waals surface area contributed by atoms with E-state index in [-0.39, 0.29) is 41.9 Å². The first-order valence-corrected chi connectivity index (χ1v) is 11.4. The lowest BCUT2D eigenvalue weighted by Crippen LogP contribution is -2.56. The fourth-order valence-corrected chi connectivity index (χ4v) is 6.70. The Morgan fingerprint density at radius 2 is 1.61 bits per heavy atom. The van der Waals surface area contributed by atoms with Crippen LogP contribution in [0.5, 0.6) is 0 Å². The van der Waals surface area contributed by atoms with Gasteiger partial charge in [-0.05, 0) is 63.2 Å². The van der Waals surface area contributed by atoms with Crippen LogP contribution in [0.25, 0.3) is 0 Å². The summed E-state index contributed by atoms with van der Waals surface area (Å²) in [6, 6.07) is 2.27. The largest absolute Gasteiger partial charge is 0.336 e. The molecule has 3 heterocycles. The van der Waals surface area contributed by atoms with E-state index in [0.717, 1.165) is 51.4 Å². The third-order valence-corrected chi connectivity index (χ3v) is 8.28. The van der Waals surface area contributed by atoms with Crippen LogP contribution in [0.15, 0.2) is 0 Å². The quantitative estimate of drug-likeness (QED) is 0.807. The number of carbonyl (C=O) groups is 2. The fraction of sp³-hybridized carbons (Fsp3) is 0.864. The van der Waals surface area contributed by atoms with Gasteiger partial charge in [0.25, 0.3) is 0 Å². The molecular weight excluding hydrogens is 352 g/mol. The minimum absolute atomic E-state index is 0.0204. The average Bonchev–Trinajstić information content (AvgIpc) is 3.32. The summed E-state index contributed by atoms with van der Waals surface area (Å²) >= 11 is 0. The van der Waals surface area contributed by atoms with Crippen molar-refractivity contribution in [2.24, 2.45) is 23.5 Å². The van der Waals surface area contributed by atoms with Crippen LogP contribution in [0.4, 0.5) is 0 Å². The molecule has 6 nitrogen and oxygen atoms in total. The van der Waals surface area contributed by atoms with Crippen LogP contribution < -0.4 is 5.73 Å². The Labute approximate surface area is 167 Å². The van der Waals surface area contributed by atoms with Crippen LogP contribution in [-0.4, -0.2) is 51.8 Å². The molecule has 5 rings (SSSR count). The number of nitrogens with two attached hydrogens (primary N) is 1. The van der Waals surface area contributed by atoms with E-state index in [4.69, 9.17) is 5.73 Å². The molecule has 0 spiro atoms. The zero-order valence-electron chi connectivity index (χ0n) is 16.6. The van der Waals surface area contributed by atoms with Crippen molar-refractivity contribution >= 4 is 11.8 Å². The van der Waals surface area contributed by atoms with E-state index in [1.165, 1.54) is 19.3 Å². The molecular formula is C22H32N4O2. The maximum atomic E-state index is 13.1. The summed E-state index contributed by atoms with van der Waals surface area (Å²) in [5.41, 5.74) is 6.48. The van der Waals surface area contributed by atoms with Crippen molar-refractivity contribution in [3.8, 4) is 6.07 Å². The second-order valence-electron chi connectivity index (χ2n) is 9.91. The van der Waals surface area contributed by atoms with E-state index >= 15 is 0 Å². The molecule has 3 aliphatic heterocycles. The SMILES string of the molecule is N#CC1CC2CC2N1C(=O)[C@@H](N)C1CC2CC[C@@H](C1)N2C(=O)C1CCCCC1. The molecule has 0 radical (unpaired) electrons. The molecule has 7 atom stereocenters. The molecule has 0 aromatic rings. The molecule has 28 heavy (non-hydrogen) atoms. The number of rotatable bonds is 3. The van der Waals surface area contributed by atoms with Gasteiger partial charge < -0.3 is 15.5 Å². The third-order valence-electron chi connectivity index (χ3n) is 8.28. The van der Waals surface area contributed by atoms with E-state index in [9.17, 15) is 14.9 Å². The Bertz CT molecular complexity index is 683. The summed E-state index contributed by atoms with van der Waals surface area (Å²) in [7, 11) is 0. The zero-order chi connectivity index (χ0) is 19.4. The summed E-state index contributed by atoms with van der Waals surface area (Å²) < 4.78 is 0.